The number of phenolic OH excluding ortho intramolecular Hbond substituents is 1. The Morgan fingerprint density at radius 2 is 2.35 bits per heavy atom. The number of aromatic hydroxyl groups is 1. The lowest BCUT2D eigenvalue weighted by Crippen LogP contribution is -2.16. The van der Waals surface area contributed by atoms with Crippen LogP contribution < -0.4 is 5.43 Å². The minimum absolute atomic E-state index is 0.0239. The van der Waals surface area contributed by atoms with Gasteiger partial charge in [-0.3, -0.25) is 4.79 Å². The predicted molar refractivity (Wildman–Crippen MR) is 68.4 cm³/mol. The number of hydrogen-bond donors (Lipinski definition) is 2. The highest BCUT2D eigenvalue weighted by Gasteiger charge is 1.99. The minimum Gasteiger partial charge on any atom is -0.506 e. The van der Waals surface area contributed by atoms with Crippen molar-refractivity contribution in [2.75, 3.05) is 0 Å². The van der Waals surface area contributed by atoms with Crippen LogP contribution in [0.2, 0.25) is 5.02 Å². The van der Waals surface area contributed by atoms with Crippen molar-refractivity contribution in [3.05, 3.63) is 28.8 Å². The zero-order chi connectivity index (χ0) is 12.7. The number of rotatable bonds is 5. The van der Waals surface area contributed by atoms with Gasteiger partial charge < -0.3 is 5.11 Å². The SMILES string of the molecule is CCCCC(=O)N/N=C/c1ccc(O)c(Cl)c1. The average Bonchev–Trinajstić information content (AvgIpc) is 2.31. The fourth-order valence-electron chi connectivity index (χ4n) is 1.18. The number of halogens is 1. The molecule has 0 aliphatic carbocycles. The van der Waals surface area contributed by atoms with E-state index in [-0.39, 0.29) is 16.7 Å². The number of phenols is 1. The number of hydrogen-bond acceptors (Lipinski definition) is 3. The molecule has 0 fully saturated rings. The Morgan fingerprint density at radius 3 is 3.00 bits per heavy atom. The Morgan fingerprint density at radius 1 is 1.59 bits per heavy atom. The molecule has 1 aromatic rings. The first-order valence-corrected chi connectivity index (χ1v) is 5.81. The van der Waals surface area contributed by atoms with Crippen molar-refractivity contribution < 1.29 is 9.90 Å². The van der Waals surface area contributed by atoms with E-state index in [1.54, 1.807) is 12.1 Å². The van der Waals surface area contributed by atoms with Gasteiger partial charge in [0.1, 0.15) is 5.75 Å². The third-order valence-electron chi connectivity index (χ3n) is 2.13. The quantitative estimate of drug-likeness (QED) is 0.627. The third-order valence-corrected chi connectivity index (χ3v) is 2.43. The molecule has 17 heavy (non-hydrogen) atoms. The van der Waals surface area contributed by atoms with E-state index in [4.69, 9.17) is 11.6 Å². The van der Waals surface area contributed by atoms with E-state index in [9.17, 15) is 9.90 Å². The zero-order valence-electron chi connectivity index (χ0n) is 9.61. The van der Waals surface area contributed by atoms with Crippen molar-refractivity contribution >= 4 is 23.7 Å². The number of amides is 1. The molecule has 1 amide bonds. The molecule has 1 rings (SSSR count). The number of nitrogens with zero attached hydrogens (tertiary/aromatic N) is 1. The largest absolute Gasteiger partial charge is 0.506 e. The molecular weight excluding hydrogens is 240 g/mol. The first-order chi connectivity index (χ1) is 8.13. The van der Waals surface area contributed by atoms with Gasteiger partial charge in [-0.1, -0.05) is 24.9 Å². The van der Waals surface area contributed by atoms with E-state index >= 15 is 0 Å². The number of benzene rings is 1. The molecule has 0 unspecified atom stereocenters. The molecule has 0 saturated heterocycles. The van der Waals surface area contributed by atoms with Crippen LogP contribution in [0.1, 0.15) is 31.7 Å². The molecule has 0 spiro atoms. The molecule has 0 atom stereocenters. The zero-order valence-corrected chi connectivity index (χ0v) is 10.4. The van der Waals surface area contributed by atoms with Gasteiger partial charge in [0.2, 0.25) is 5.91 Å². The summed E-state index contributed by atoms with van der Waals surface area (Å²) in [5.74, 6) is -0.0798. The molecule has 0 aromatic heterocycles. The Bertz CT molecular complexity index is 419. The van der Waals surface area contributed by atoms with Crippen LogP contribution in [0.3, 0.4) is 0 Å². The summed E-state index contributed by atoms with van der Waals surface area (Å²) in [5, 5.41) is 13.3. The highest BCUT2D eigenvalue weighted by atomic mass is 35.5. The number of carbonyl (C=O) groups is 1. The van der Waals surface area contributed by atoms with Crippen LogP contribution >= 0.6 is 11.6 Å². The summed E-state index contributed by atoms with van der Waals surface area (Å²) >= 11 is 5.72. The number of nitrogens with one attached hydrogen (secondary N) is 1. The van der Waals surface area contributed by atoms with Crippen LogP contribution in [-0.4, -0.2) is 17.2 Å². The van der Waals surface area contributed by atoms with Gasteiger partial charge in [0.05, 0.1) is 11.2 Å². The lowest BCUT2D eigenvalue weighted by atomic mass is 10.2. The lowest BCUT2D eigenvalue weighted by molar-refractivity contribution is -0.121. The fraction of sp³-hybridized carbons (Fsp3) is 0.333. The Kier molecular flexibility index (Phi) is 5.49. The molecule has 5 heteroatoms. The number of carbonyl (C=O) groups excluding carboxylic acids is 1. The fourth-order valence-corrected chi connectivity index (χ4v) is 1.36. The van der Waals surface area contributed by atoms with Crippen LogP contribution in [0, 0.1) is 0 Å². The summed E-state index contributed by atoms with van der Waals surface area (Å²) in [4.78, 5) is 11.2. The molecule has 0 aliphatic heterocycles. The van der Waals surface area contributed by atoms with E-state index in [0.717, 1.165) is 12.8 Å². The molecule has 0 radical (unpaired) electrons. The summed E-state index contributed by atoms with van der Waals surface area (Å²) in [5.41, 5.74) is 3.14. The molecular formula is C12H15ClN2O2. The van der Waals surface area contributed by atoms with Gasteiger partial charge >= 0.3 is 0 Å². The Labute approximate surface area is 105 Å². The Hall–Kier alpha value is -1.55. The molecule has 92 valence electrons. The van der Waals surface area contributed by atoms with Crippen LogP contribution in [0.5, 0.6) is 5.75 Å². The standard InChI is InChI=1S/C12H15ClN2O2/c1-2-3-4-12(17)15-14-8-9-5-6-11(16)10(13)7-9/h5-8,16H,2-4H2,1H3,(H,15,17)/b14-8+. The van der Waals surface area contributed by atoms with Crippen molar-refractivity contribution in [1.29, 1.82) is 0 Å². The van der Waals surface area contributed by atoms with Crippen LogP contribution in [-0.2, 0) is 4.79 Å². The average molecular weight is 255 g/mol. The van der Waals surface area contributed by atoms with Crippen molar-refractivity contribution in [2.45, 2.75) is 26.2 Å². The second-order valence-corrected chi connectivity index (χ2v) is 4.01. The number of unbranched alkanes of at least 4 members (excludes halogenated alkanes) is 1. The van der Waals surface area contributed by atoms with Gasteiger partial charge in [-0.15, -0.1) is 0 Å². The van der Waals surface area contributed by atoms with E-state index in [1.165, 1.54) is 12.3 Å². The Balaban J connectivity index is 2.48. The third kappa shape index (κ3) is 4.87. The van der Waals surface area contributed by atoms with E-state index in [2.05, 4.69) is 10.5 Å². The molecule has 0 heterocycles. The van der Waals surface area contributed by atoms with Crippen LogP contribution in [0.25, 0.3) is 0 Å². The molecule has 2 N–H and O–H groups in total. The first-order valence-electron chi connectivity index (χ1n) is 5.44. The molecule has 0 saturated carbocycles. The van der Waals surface area contributed by atoms with Gasteiger partial charge in [-0.05, 0) is 30.2 Å². The summed E-state index contributed by atoms with van der Waals surface area (Å²) in [6, 6.07) is 4.70. The maximum atomic E-state index is 11.2. The monoisotopic (exact) mass is 254 g/mol. The normalized spacial score (nSPS) is 10.7. The summed E-state index contributed by atoms with van der Waals surface area (Å²) < 4.78 is 0. The van der Waals surface area contributed by atoms with Gasteiger partial charge in [0.15, 0.2) is 0 Å². The summed E-state index contributed by atoms with van der Waals surface area (Å²) in [6.45, 7) is 2.02. The molecule has 1 aromatic carbocycles. The van der Waals surface area contributed by atoms with Crippen molar-refractivity contribution in [2.24, 2.45) is 5.10 Å². The van der Waals surface area contributed by atoms with Gasteiger partial charge in [0, 0.05) is 6.42 Å². The minimum atomic E-state index is -0.104. The highest BCUT2D eigenvalue weighted by Crippen LogP contribution is 2.22. The van der Waals surface area contributed by atoms with Crippen molar-refractivity contribution in [3.63, 3.8) is 0 Å². The van der Waals surface area contributed by atoms with Crippen molar-refractivity contribution in [3.8, 4) is 5.75 Å². The topological polar surface area (TPSA) is 61.7 Å². The van der Waals surface area contributed by atoms with E-state index < -0.39 is 0 Å². The van der Waals surface area contributed by atoms with E-state index in [0.29, 0.717) is 12.0 Å². The second-order valence-electron chi connectivity index (χ2n) is 3.61. The molecule has 0 bridgehead atoms. The lowest BCUT2D eigenvalue weighted by Gasteiger charge is -1.99. The van der Waals surface area contributed by atoms with Crippen LogP contribution in [0.4, 0.5) is 0 Å². The summed E-state index contributed by atoms with van der Waals surface area (Å²) in [7, 11) is 0. The smallest absolute Gasteiger partial charge is 0.240 e. The van der Waals surface area contributed by atoms with Gasteiger partial charge in [-0.25, -0.2) is 5.43 Å². The maximum Gasteiger partial charge on any atom is 0.240 e. The summed E-state index contributed by atoms with van der Waals surface area (Å²) in [6.07, 6.45) is 3.79. The van der Waals surface area contributed by atoms with E-state index in [1.807, 2.05) is 6.92 Å². The highest BCUT2D eigenvalue weighted by molar-refractivity contribution is 6.32. The predicted octanol–water partition coefficient (Wildman–Crippen LogP) is 2.69. The second kappa shape index (κ2) is 6.91. The number of hydrazone groups is 1. The van der Waals surface area contributed by atoms with Crippen molar-refractivity contribution in [1.82, 2.24) is 5.43 Å². The van der Waals surface area contributed by atoms with Gasteiger partial charge in [-0.2, -0.15) is 5.10 Å². The maximum absolute atomic E-state index is 11.2. The first kappa shape index (κ1) is 13.5. The van der Waals surface area contributed by atoms with Crippen LogP contribution in [0.15, 0.2) is 23.3 Å². The molecule has 4 nitrogen and oxygen atoms in total. The molecule has 0 aliphatic rings. The van der Waals surface area contributed by atoms with Gasteiger partial charge in [0.25, 0.3) is 0 Å².